The summed E-state index contributed by atoms with van der Waals surface area (Å²) in [6.45, 7) is 0. The van der Waals surface area contributed by atoms with E-state index in [2.05, 4.69) is 4.98 Å². The van der Waals surface area contributed by atoms with Gasteiger partial charge >= 0.3 is 0 Å². The molecule has 0 unspecified atom stereocenters. The molecular formula is C14H10ClNO3S3. The highest BCUT2D eigenvalue weighted by molar-refractivity contribution is 7.99. The Morgan fingerprint density at radius 3 is 2.55 bits per heavy atom. The topological polar surface area (TPSA) is 60.2 Å². The third-order valence-electron chi connectivity index (χ3n) is 2.86. The highest BCUT2D eigenvalue weighted by Gasteiger charge is 2.28. The van der Waals surface area contributed by atoms with Crippen LogP contribution in [0.15, 0.2) is 61.2 Å². The van der Waals surface area contributed by atoms with Crippen molar-refractivity contribution < 1.29 is 12.8 Å². The average molecular weight is 372 g/mol. The molecule has 3 aromatic rings. The third-order valence-corrected chi connectivity index (χ3v) is 6.43. The number of benzene rings is 1. The Balaban J connectivity index is 2.12. The van der Waals surface area contributed by atoms with Crippen molar-refractivity contribution in [2.24, 2.45) is 0 Å². The molecule has 4 nitrogen and oxygen atoms in total. The molecule has 114 valence electrons. The summed E-state index contributed by atoms with van der Waals surface area (Å²) in [5.41, 5.74) is 0. The molecule has 3 rings (SSSR count). The first kappa shape index (κ1) is 15.6. The number of hydrogen-bond donors (Lipinski definition) is 0. The molecule has 0 atom stereocenters. The van der Waals surface area contributed by atoms with E-state index in [9.17, 15) is 8.42 Å². The van der Waals surface area contributed by atoms with Crippen LogP contribution < -0.4 is 0 Å². The normalized spacial score (nSPS) is 11.7. The second-order valence-electron chi connectivity index (χ2n) is 4.25. The van der Waals surface area contributed by atoms with Crippen LogP contribution in [-0.4, -0.2) is 19.7 Å². The minimum atomic E-state index is -3.75. The highest BCUT2D eigenvalue weighted by atomic mass is 35.5. The van der Waals surface area contributed by atoms with Crippen molar-refractivity contribution in [3.05, 3.63) is 46.8 Å². The largest absolute Gasteiger partial charge is 0.428 e. The molecule has 1 aromatic carbocycles. The molecule has 2 heterocycles. The van der Waals surface area contributed by atoms with E-state index in [0.717, 1.165) is 4.88 Å². The van der Waals surface area contributed by atoms with E-state index in [1.54, 1.807) is 6.26 Å². The van der Waals surface area contributed by atoms with Crippen LogP contribution in [0.2, 0.25) is 5.02 Å². The molecule has 0 saturated heterocycles. The van der Waals surface area contributed by atoms with E-state index in [0.29, 0.717) is 10.9 Å². The van der Waals surface area contributed by atoms with Gasteiger partial charge in [0.15, 0.2) is 0 Å². The molecule has 0 saturated carbocycles. The van der Waals surface area contributed by atoms with Gasteiger partial charge in [0.05, 0.1) is 9.77 Å². The minimum Gasteiger partial charge on any atom is -0.428 e. The standard InChI is InChI=1S/C14H10ClNO3S3/c1-20-14-13(16-12(19-14)11-3-2-8-21-11)22(17,18)10-6-4-9(15)5-7-10/h2-8H,1H3. The van der Waals surface area contributed by atoms with E-state index in [1.807, 2.05) is 17.5 Å². The van der Waals surface area contributed by atoms with Gasteiger partial charge in [-0.25, -0.2) is 8.42 Å². The molecule has 0 bridgehead atoms. The molecule has 0 N–H and O–H groups in total. The molecule has 0 spiro atoms. The van der Waals surface area contributed by atoms with Gasteiger partial charge in [-0.2, -0.15) is 4.98 Å². The Labute approximate surface area is 141 Å². The van der Waals surface area contributed by atoms with Gasteiger partial charge < -0.3 is 4.42 Å². The first-order valence-electron chi connectivity index (χ1n) is 6.11. The number of hydrogen-bond acceptors (Lipinski definition) is 6. The van der Waals surface area contributed by atoms with Crippen LogP contribution in [0.4, 0.5) is 0 Å². The molecule has 0 aliphatic heterocycles. The predicted molar refractivity (Wildman–Crippen MR) is 88.5 cm³/mol. The van der Waals surface area contributed by atoms with E-state index < -0.39 is 9.84 Å². The van der Waals surface area contributed by atoms with Crippen molar-refractivity contribution in [2.45, 2.75) is 15.0 Å². The Kier molecular flexibility index (Phi) is 4.31. The van der Waals surface area contributed by atoms with Gasteiger partial charge in [0.1, 0.15) is 0 Å². The van der Waals surface area contributed by atoms with Gasteiger partial charge in [-0.1, -0.05) is 29.4 Å². The Hall–Kier alpha value is -1.28. The summed E-state index contributed by atoms with van der Waals surface area (Å²) in [6.07, 6.45) is 1.75. The Morgan fingerprint density at radius 2 is 1.95 bits per heavy atom. The second-order valence-corrected chi connectivity index (χ2v) is 8.28. The number of sulfone groups is 1. The van der Waals surface area contributed by atoms with E-state index in [4.69, 9.17) is 16.0 Å². The lowest BCUT2D eigenvalue weighted by Gasteiger charge is -2.02. The minimum absolute atomic E-state index is 0.0641. The molecule has 22 heavy (non-hydrogen) atoms. The molecular weight excluding hydrogens is 362 g/mol. The van der Waals surface area contributed by atoms with E-state index >= 15 is 0 Å². The van der Waals surface area contributed by atoms with Crippen LogP contribution in [0.5, 0.6) is 0 Å². The molecule has 0 amide bonds. The summed E-state index contributed by atoms with van der Waals surface area (Å²) < 4.78 is 31.1. The number of rotatable bonds is 4. The second kappa shape index (κ2) is 6.08. The predicted octanol–water partition coefficient (Wildman–Crippen LogP) is 4.61. The summed E-state index contributed by atoms with van der Waals surface area (Å²) in [4.78, 5) is 5.12. The lowest BCUT2D eigenvalue weighted by atomic mass is 10.4. The van der Waals surface area contributed by atoms with Crippen LogP contribution in [0.3, 0.4) is 0 Å². The maximum Gasteiger partial charge on any atom is 0.238 e. The van der Waals surface area contributed by atoms with Crippen molar-refractivity contribution in [1.82, 2.24) is 4.98 Å². The summed E-state index contributed by atoms with van der Waals surface area (Å²) in [6, 6.07) is 9.68. The summed E-state index contributed by atoms with van der Waals surface area (Å²) >= 11 is 8.45. The van der Waals surface area contributed by atoms with Gasteiger partial charge in [0.2, 0.25) is 25.8 Å². The maximum atomic E-state index is 12.7. The van der Waals surface area contributed by atoms with Crippen LogP contribution in [0.25, 0.3) is 10.8 Å². The molecule has 2 aromatic heterocycles. The Bertz CT molecular complexity index is 884. The van der Waals surface area contributed by atoms with Crippen LogP contribution >= 0.6 is 34.7 Å². The molecule has 0 radical (unpaired) electrons. The first-order valence-corrected chi connectivity index (χ1v) is 10.1. The van der Waals surface area contributed by atoms with Gasteiger partial charge in [-0.3, -0.25) is 0 Å². The van der Waals surface area contributed by atoms with Gasteiger partial charge in [0, 0.05) is 5.02 Å². The smallest absolute Gasteiger partial charge is 0.238 e. The fourth-order valence-corrected chi connectivity index (χ4v) is 4.74. The van der Waals surface area contributed by atoms with Gasteiger partial charge in [-0.05, 0) is 42.0 Å². The van der Waals surface area contributed by atoms with Crippen molar-refractivity contribution >= 4 is 44.5 Å². The molecule has 8 heteroatoms. The maximum absolute atomic E-state index is 12.7. The molecule has 0 fully saturated rings. The van der Waals surface area contributed by atoms with E-state index in [1.165, 1.54) is 47.4 Å². The molecule has 0 aliphatic carbocycles. The number of aromatic nitrogens is 1. The molecule has 0 aliphatic rings. The summed E-state index contributed by atoms with van der Waals surface area (Å²) in [7, 11) is -3.75. The zero-order valence-electron chi connectivity index (χ0n) is 11.3. The van der Waals surface area contributed by atoms with Crippen LogP contribution in [0, 0.1) is 0 Å². The van der Waals surface area contributed by atoms with Gasteiger partial charge in [0.25, 0.3) is 0 Å². The highest BCUT2D eigenvalue weighted by Crippen LogP contribution is 2.35. The fourth-order valence-electron chi connectivity index (χ4n) is 1.82. The van der Waals surface area contributed by atoms with Crippen molar-refractivity contribution in [3.63, 3.8) is 0 Å². The monoisotopic (exact) mass is 371 g/mol. The first-order chi connectivity index (χ1) is 10.5. The van der Waals surface area contributed by atoms with E-state index in [-0.39, 0.29) is 15.0 Å². The number of thioether (sulfide) groups is 1. The van der Waals surface area contributed by atoms with Crippen molar-refractivity contribution in [2.75, 3.05) is 6.26 Å². The Morgan fingerprint density at radius 1 is 1.23 bits per heavy atom. The third kappa shape index (κ3) is 2.81. The number of thiophene rings is 1. The van der Waals surface area contributed by atoms with Crippen molar-refractivity contribution in [1.29, 1.82) is 0 Å². The number of oxazole rings is 1. The van der Waals surface area contributed by atoms with Crippen LogP contribution in [0.1, 0.15) is 0 Å². The van der Waals surface area contributed by atoms with Crippen molar-refractivity contribution in [3.8, 4) is 10.8 Å². The van der Waals surface area contributed by atoms with Crippen LogP contribution in [-0.2, 0) is 9.84 Å². The quantitative estimate of drug-likeness (QED) is 0.626. The average Bonchev–Trinajstić information content (AvgIpc) is 3.16. The lowest BCUT2D eigenvalue weighted by molar-refractivity contribution is 0.472. The summed E-state index contributed by atoms with van der Waals surface area (Å²) in [5, 5.41) is 2.57. The zero-order chi connectivity index (χ0) is 15.7. The SMILES string of the molecule is CSc1oc(-c2cccs2)nc1S(=O)(=O)c1ccc(Cl)cc1. The number of halogens is 1. The summed E-state index contributed by atoms with van der Waals surface area (Å²) in [5.74, 6) is 0.312. The lowest BCUT2D eigenvalue weighted by Crippen LogP contribution is -2.03. The van der Waals surface area contributed by atoms with Gasteiger partial charge in [-0.15, -0.1) is 11.3 Å². The fraction of sp³-hybridized carbons (Fsp3) is 0.0714. The number of nitrogens with zero attached hydrogens (tertiary/aromatic N) is 1. The zero-order valence-corrected chi connectivity index (χ0v) is 14.5.